The van der Waals surface area contributed by atoms with Crippen molar-refractivity contribution in [1.29, 1.82) is 0 Å². The van der Waals surface area contributed by atoms with Gasteiger partial charge in [-0.2, -0.15) is 0 Å². The lowest BCUT2D eigenvalue weighted by Crippen LogP contribution is -2.53. The Labute approximate surface area is 98.7 Å². The Morgan fingerprint density at radius 3 is 1.80 bits per heavy atom. The maximum absolute atomic E-state index is 11.9. The molecule has 86 valence electrons. The van der Waals surface area contributed by atoms with Crippen LogP contribution in [-0.4, -0.2) is 52.1 Å². The predicted octanol–water partition coefficient (Wildman–Crippen LogP) is 0.851. The van der Waals surface area contributed by atoms with Gasteiger partial charge < -0.3 is 9.80 Å². The Morgan fingerprint density at radius 2 is 1.47 bits per heavy atom. The van der Waals surface area contributed by atoms with E-state index in [-0.39, 0.29) is 11.8 Å². The third kappa shape index (κ3) is 3.19. The summed E-state index contributed by atoms with van der Waals surface area (Å²) in [6.07, 6.45) is 0. The van der Waals surface area contributed by atoms with E-state index < -0.39 is 4.32 Å². The molecule has 0 unspecified atom stereocenters. The molecule has 2 amide bonds. The lowest BCUT2D eigenvalue weighted by Gasteiger charge is -2.36. The fraction of sp³-hybridized carbons (Fsp3) is 0.800. The number of piperazine rings is 1. The van der Waals surface area contributed by atoms with E-state index in [4.69, 9.17) is 0 Å². The van der Waals surface area contributed by atoms with Gasteiger partial charge in [0.25, 0.3) is 0 Å². The van der Waals surface area contributed by atoms with Crippen molar-refractivity contribution in [2.24, 2.45) is 0 Å². The summed E-state index contributed by atoms with van der Waals surface area (Å²) in [5.74, 6) is 0.172. The van der Waals surface area contributed by atoms with E-state index in [1.165, 1.54) is 0 Å². The van der Waals surface area contributed by atoms with Crippen LogP contribution in [-0.2, 0) is 9.59 Å². The molecule has 1 rings (SSSR count). The molecule has 0 saturated carbocycles. The zero-order valence-electron chi connectivity index (χ0n) is 9.42. The van der Waals surface area contributed by atoms with Gasteiger partial charge in [-0.15, -0.1) is 0 Å². The molecule has 15 heavy (non-hydrogen) atoms. The lowest BCUT2D eigenvalue weighted by molar-refractivity contribution is -0.139. The first-order chi connectivity index (χ1) is 6.82. The molecule has 0 atom stereocenters. The minimum absolute atomic E-state index is 0.0835. The summed E-state index contributed by atoms with van der Waals surface area (Å²) in [4.78, 5) is 26.5. The Kier molecular flexibility index (Phi) is 3.76. The van der Waals surface area contributed by atoms with E-state index in [0.29, 0.717) is 26.2 Å². The van der Waals surface area contributed by atoms with Crippen LogP contribution in [0.3, 0.4) is 0 Å². The van der Waals surface area contributed by atoms with Crippen LogP contribution in [0, 0.1) is 0 Å². The Bertz CT molecular complexity index is 265. The van der Waals surface area contributed by atoms with Gasteiger partial charge in [-0.25, -0.2) is 0 Å². The SMILES string of the molecule is CC(=O)N1CCN(C(=O)C(C)(C)Br)CC1. The summed E-state index contributed by atoms with van der Waals surface area (Å²) >= 11 is 3.35. The molecule has 0 spiro atoms. The molecule has 1 fully saturated rings. The molecule has 0 aromatic rings. The normalized spacial score (nSPS) is 17.9. The van der Waals surface area contributed by atoms with E-state index in [1.807, 2.05) is 13.8 Å². The molecule has 0 radical (unpaired) electrons. The van der Waals surface area contributed by atoms with Crippen LogP contribution in [0.4, 0.5) is 0 Å². The number of nitrogens with zero attached hydrogens (tertiary/aromatic N) is 2. The van der Waals surface area contributed by atoms with Crippen molar-refractivity contribution in [2.75, 3.05) is 26.2 Å². The molecule has 0 aliphatic carbocycles. The highest BCUT2D eigenvalue weighted by atomic mass is 79.9. The molecular formula is C10H17BrN2O2. The molecule has 5 heteroatoms. The molecule has 1 aliphatic rings. The molecule has 0 aromatic carbocycles. The Hall–Kier alpha value is -0.580. The Balaban J connectivity index is 2.51. The van der Waals surface area contributed by atoms with Crippen molar-refractivity contribution in [3.05, 3.63) is 0 Å². The second-order valence-electron chi connectivity index (χ2n) is 4.27. The first-order valence-corrected chi connectivity index (χ1v) is 5.85. The fourth-order valence-electron chi connectivity index (χ4n) is 1.60. The minimum atomic E-state index is -0.509. The van der Waals surface area contributed by atoms with Crippen molar-refractivity contribution in [1.82, 2.24) is 9.80 Å². The average molecular weight is 277 g/mol. The number of hydrogen-bond donors (Lipinski definition) is 0. The van der Waals surface area contributed by atoms with Gasteiger partial charge in [-0.3, -0.25) is 9.59 Å². The van der Waals surface area contributed by atoms with Gasteiger partial charge in [0.15, 0.2) is 0 Å². The second kappa shape index (κ2) is 4.51. The van der Waals surface area contributed by atoms with Crippen molar-refractivity contribution < 1.29 is 9.59 Å². The molecule has 1 aliphatic heterocycles. The monoisotopic (exact) mass is 276 g/mol. The number of amides is 2. The summed E-state index contributed by atoms with van der Waals surface area (Å²) < 4.78 is -0.509. The van der Waals surface area contributed by atoms with Crippen molar-refractivity contribution in [3.8, 4) is 0 Å². The lowest BCUT2D eigenvalue weighted by atomic mass is 10.1. The van der Waals surface area contributed by atoms with Gasteiger partial charge in [0.2, 0.25) is 11.8 Å². The van der Waals surface area contributed by atoms with Gasteiger partial charge in [-0.05, 0) is 13.8 Å². The zero-order chi connectivity index (χ0) is 11.6. The number of rotatable bonds is 1. The predicted molar refractivity (Wildman–Crippen MR) is 61.8 cm³/mol. The van der Waals surface area contributed by atoms with Crippen LogP contribution in [0.15, 0.2) is 0 Å². The molecule has 1 saturated heterocycles. The summed E-state index contributed by atoms with van der Waals surface area (Å²) in [6, 6.07) is 0. The van der Waals surface area contributed by atoms with Crippen LogP contribution >= 0.6 is 15.9 Å². The largest absolute Gasteiger partial charge is 0.339 e. The van der Waals surface area contributed by atoms with Crippen LogP contribution in [0.1, 0.15) is 20.8 Å². The zero-order valence-corrected chi connectivity index (χ0v) is 11.0. The van der Waals surface area contributed by atoms with Crippen LogP contribution in [0.2, 0.25) is 0 Å². The van der Waals surface area contributed by atoms with Gasteiger partial charge in [0, 0.05) is 33.1 Å². The third-order valence-corrected chi connectivity index (χ3v) is 2.86. The van der Waals surface area contributed by atoms with Gasteiger partial charge >= 0.3 is 0 Å². The number of carbonyl (C=O) groups is 2. The van der Waals surface area contributed by atoms with Gasteiger partial charge in [0.05, 0.1) is 4.32 Å². The molecule has 4 nitrogen and oxygen atoms in total. The number of alkyl halides is 1. The van der Waals surface area contributed by atoms with E-state index in [9.17, 15) is 9.59 Å². The van der Waals surface area contributed by atoms with Crippen LogP contribution in [0.5, 0.6) is 0 Å². The van der Waals surface area contributed by atoms with E-state index >= 15 is 0 Å². The molecule has 1 heterocycles. The maximum Gasteiger partial charge on any atom is 0.239 e. The first-order valence-electron chi connectivity index (χ1n) is 5.06. The number of halogens is 1. The summed E-state index contributed by atoms with van der Waals surface area (Å²) in [6.45, 7) is 7.79. The second-order valence-corrected chi connectivity index (χ2v) is 6.25. The highest BCUT2D eigenvalue weighted by molar-refractivity contribution is 9.10. The third-order valence-electron chi connectivity index (χ3n) is 2.52. The molecular weight excluding hydrogens is 260 g/mol. The molecule has 0 N–H and O–H groups in total. The summed E-state index contributed by atoms with van der Waals surface area (Å²) in [7, 11) is 0. The van der Waals surface area contributed by atoms with Crippen molar-refractivity contribution in [3.63, 3.8) is 0 Å². The fourth-order valence-corrected chi connectivity index (χ4v) is 1.85. The minimum Gasteiger partial charge on any atom is -0.339 e. The van der Waals surface area contributed by atoms with Gasteiger partial charge in [0.1, 0.15) is 0 Å². The smallest absolute Gasteiger partial charge is 0.239 e. The Morgan fingerprint density at radius 1 is 1.07 bits per heavy atom. The average Bonchev–Trinajstić information content (AvgIpc) is 2.15. The van der Waals surface area contributed by atoms with Crippen LogP contribution < -0.4 is 0 Å². The topological polar surface area (TPSA) is 40.6 Å². The maximum atomic E-state index is 11.9. The summed E-state index contributed by atoms with van der Waals surface area (Å²) in [5.41, 5.74) is 0. The standard InChI is InChI=1S/C10H17BrN2O2/c1-8(14)12-4-6-13(7-5-12)9(15)10(2,3)11/h4-7H2,1-3H3. The highest BCUT2D eigenvalue weighted by Crippen LogP contribution is 2.20. The van der Waals surface area contributed by atoms with Crippen molar-refractivity contribution in [2.45, 2.75) is 25.1 Å². The summed E-state index contributed by atoms with van der Waals surface area (Å²) in [5, 5.41) is 0. The quantitative estimate of drug-likeness (QED) is 0.667. The van der Waals surface area contributed by atoms with Crippen LogP contribution in [0.25, 0.3) is 0 Å². The van der Waals surface area contributed by atoms with E-state index in [1.54, 1.807) is 16.7 Å². The molecule has 0 aromatic heterocycles. The van der Waals surface area contributed by atoms with Crippen molar-refractivity contribution >= 4 is 27.7 Å². The van der Waals surface area contributed by atoms with E-state index in [0.717, 1.165) is 0 Å². The number of carbonyl (C=O) groups excluding carboxylic acids is 2. The van der Waals surface area contributed by atoms with Gasteiger partial charge in [-0.1, -0.05) is 15.9 Å². The number of hydrogen-bond acceptors (Lipinski definition) is 2. The van der Waals surface area contributed by atoms with E-state index in [2.05, 4.69) is 15.9 Å². The molecule has 0 bridgehead atoms. The first kappa shape index (κ1) is 12.5. The highest BCUT2D eigenvalue weighted by Gasteiger charge is 2.31.